The second-order valence-corrected chi connectivity index (χ2v) is 9.29. The van der Waals surface area contributed by atoms with E-state index in [0.29, 0.717) is 5.75 Å². The van der Waals surface area contributed by atoms with Gasteiger partial charge in [-0.3, -0.25) is 4.79 Å². The number of amides is 1. The van der Waals surface area contributed by atoms with Gasteiger partial charge in [0.15, 0.2) is 6.61 Å². The number of hydrogen-bond donors (Lipinski definition) is 1. The molecule has 1 atom stereocenters. The van der Waals surface area contributed by atoms with Gasteiger partial charge in [0, 0.05) is 17.7 Å². The molecule has 1 N–H and O–H groups in total. The summed E-state index contributed by atoms with van der Waals surface area (Å²) in [5.74, 6) is 0.382. The van der Waals surface area contributed by atoms with Crippen molar-refractivity contribution in [1.82, 2.24) is 9.62 Å². The number of hydrogen-bond acceptors (Lipinski definition) is 4. The highest BCUT2D eigenvalue weighted by Crippen LogP contribution is 2.18. The van der Waals surface area contributed by atoms with E-state index in [1.54, 1.807) is 12.1 Å². The smallest absolute Gasteiger partial charge is 0.258 e. The van der Waals surface area contributed by atoms with E-state index in [0.717, 1.165) is 13.4 Å². The molecule has 26 heavy (non-hydrogen) atoms. The van der Waals surface area contributed by atoms with Crippen LogP contribution in [0.3, 0.4) is 0 Å². The molecular weight excluding hydrogens is 467 g/mol. The van der Waals surface area contributed by atoms with Gasteiger partial charge in [0.05, 0.1) is 10.9 Å². The first-order valence-electron chi connectivity index (χ1n) is 7.90. The first-order valence-corrected chi connectivity index (χ1v) is 10.4. The molecule has 1 unspecified atom stereocenters. The van der Waals surface area contributed by atoms with Crippen molar-refractivity contribution in [1.29, 1.82) is 0 Å². The molecule has 0 aliphatic rings. The van der Waals surface area contributed by atoms with Gasteiger partial charge in [0.25, 0.3) is 5.91 Å². The maximum Gasteiger partial charge on any atom is 0.258 e. The van der Waals surface area contributed by atoms with Crippen LogP contribution < -0.4 is 10.1 Å². The van der Waals surface area contributed by atoms with Crippen LogP contribution in [0.5, 0.6) is 5.75 Å². The number of carbonyl (C=O) groups excluding carboxylic acids is 1. The summed E-state index contributed by atoms with van der Waals surface area (Å²) in [6.45, 7) is 1.75. The summed E-state index contributed by atoms with van der Waals surface area (Å²) in [7, 11) is -0.488. The van der Waals surface area contributed by atoms with Crippen molar-refractivity contribution in [2.45, 2.75) is 17.9 Å². The molecule has 0 aromatic heterocycles. The Balaban J connectivity index is 1.93. The Bertz CT molecular complexity index is 850. The Morgan fingerprint density at radius 3 is 2.23 bits per heavy atom. The van der Waals surface area contributed by atoms with Crippen LogP contribution in [0.15, 0.2) is 53.4 Å². The van der Waals surface area contributed by atoms with Crippen LogP contribution in [0, 0.1) is 3.57 Å². The zero-order valence-corrected chi connectivity index (χ0v) is 17.7. The van der Waals surface area contributed by atoms with Gasteiger partial charge in [-0.05, 0) is 71.5 Å². The number of nitrogens with zero attached hydrogens (tertiary/aromatic N) is 1. The highest BCUT2D eigenvalue weighted by atomic mass is 127. The molecule has 0 saturated carbocycles. The number of halogens is 1. The molecule has 8 heteroatoms. The molecule has 0 fully saturated rings. The fourth-order valence-electron chi connectivity index (χ4n) is 2.19. The summed E-state index contributed by atoms with van der Waals surface area (Å²) in [5.41, 5.74) is 0.810. The van der Waals surface area contributed by atoms with Gasteiger partial charge in [0.2, 0.25) is 10.0 Å². The summed E-state index contributed by atoms with van der Waals surface area (Å²) < 4.78 is 31.8. The van der Waals surface area contributed by atoms with Crippen molar-refractivity contribution in [2.24, 2.45) is 0 Å². The van der Waals surface area contributed by atoms with E-state index in [9.17, 15) is 13.2 Å². The molecule has 0 aliphatic heterocycles. The van der Waals surface area contributed by atoms with E-state index in [1.165, 1.54) is 26.2 Å². The van der Waals surface area contributed by atoms with Crippen molar-refractivity contribution in [3.05, 3.63) is 57.7 Å². The molecule has 0 spiro atoms. The van der Waals surface area contributed by atoms with Crippen LogP contribution in [-0.4, -0.2) is 39.3 Å². The van der Waals surface area contributed by atoms with Gasteiger partial charge in [0.1, 0.15) is 5.75 Å². The monoisotopic (exact) mass is 488 g/mol. The van der Waals surface area contributed by atoms with E-state index in [1.807, 2.05) is 31.2 Å². The van der Waals surface area contributed by atoms with Gasteiger partial charge in [-0.25, -0.2) is 12.7 Å². The van der Waals surface area contributed by atoms with Crippen LogP contribution in [0.2, 0.25) is 0 Å². The first kappa shape index (κ1) is 20.7. The van der Waals surface area contributed by atoms with Crippen molar-refractivity contribution < 1.29 is 17.9 Å². The van der Waals surface area contributed by atoms with E-state index < -0.39 is 10.0 Å². The highest BCUT2D eigenvalue weighted by molar-refractivity contribution is 14.1. The lowest BCUT2D eigenvalue weighted by Gasteiger charge is -2.16. The molecule has 6 nitrogen and oxygen atoms in total. The lowest BCUT2D eigenvalue weighted by Crippen LogP contribution is -2.31. The third kappa shape index (κ3) is 5.42. The zero-order valence-electron chi connectivity index (χ0n) is 14.8. The minimum Gasteiger partial charge on any atom is -0.484 e. The van der Waals surface area contributed by atoms with Crippen LogP contribution in [-0.2, 0) is 14.8 Å². The number of rotatable bonds is 7. The normalized spacial score (nSPS) is 12.7. The van der Waals surface area contributed by atoms with Crippen molar-refractivity contribution in [3.8, 4) is 5.75 Å². The predicted octanol–water partition coefficient (Wildman–Crippen LogP) is 2.80. The Morgan fingerprint density at radius 2 is 1.69 bits per heavy atom. The van der Waals surface area contributed by atoms with Crippen LogP contribution in [0.25, 0.3) is 0 Å². The second kappa shape index (κ2) is 8.83. The summed E-state index contributed by atoms with van der Waals surface area (Å²) >= 11 is 2.20. The SMILES string of the molecule is CC(NC(=O)COc1ccc(I)cc1)c1ccc(S(=O)(=O)N(C)C)cc1. The fourth-order valence-corrected chi connectivity index (χ4v) is 3.45. The van der Waals surface area contributed by atoms with Crippen molar-refractivity contribution in [2.75, 3.05) is 20.7 Å². The van der Waals surface area contributed by atoms with Gasteiger partial charge < -0.3 is 10.1 Å². The van der Waals surface area contributed by atoms with E-state index in [2.05, 4.69) is 27.9 Å². The topological polar surface area (TPSA) is 75.7 Å². The van der Waals surface area contributed by atoms with Crippen molar-refractivity contribution >= 4 is 38.5 Å². The molecule has 140 valence electrons. The molecule has 1 amide bonds. The molecule has 2 aromatic rings. The maximum absolute atomic E-state index is 12.1. The Kier molecular flexibility index (Phi) is 7.01. The molecule has 2 aromatic carbocycles. The summed E-state index contributed by atoms with van der Waals surface area (Å²) in [6, 6.07) is 13.6. The number of ether oxygens (including phenoxy) is 1. The largest absolute Gasteiger partial charge is 0.484 e. The zero-order chi connectivity index (χ0) is 19.3. The van der Waals surface area contributed by atoms with Gasteiger partial charge in [-0.2, -0.15) is 0 Å². The third-order valence-corrected chi connectivity index (χ3v) is 6.27. The van der Waals surface area contributed by atoms with Crippen molar-refractivity contribution in [3.63, 3.8) is 0 Å². The second-order valence-electron chi connectivity index (χ2n) is 5.89. The number of benzene rings is 2. The molecule has 0 bridgehead atoms. The highest BCUT2D eigenvalue weighted by Gasteiger charge is 2.17. The Labute approximate surface area is 167 Å². The maximum atomic E-state index is 12.1. The van der Waals surface area contributed by atoms with E-state index >= 15 is 0 Å². The van der Waals surface area contributed by atoms with Gasteiger partial charge in [-0.15, -0.1) is 0 Å². The first-order chi connectivity index (χ1) is 12.2. The molecule has 2 rings (SSSR count). The molecule has 0 heterocycles. The van der Waals surface area contributed by atoms with Gasteiger partial charge in [-0.1, -0.05) is 12.1 Å². The number of carbonyl (C=O) groups is 1. The predicted molar refractivity (Wildman–Crippen MR) is 109 cm³/mol. The summed E-state index contributed by atoms with van der Waals surface area (Å²) in [6.07, 6.45) is 0. The summed E-state index contributed by atoms with van der Waals surface area (Å²) in [5, 5.41) is 2.83. The Hall–Kier alpha value is -1.65. The van der Waals surface area contributed by atoms with Gasteiger partial charge >= 0.3 is 0 Å². The number of nitrogens with one attached hydrogen (secondary N) is 1. The quantitative estimate of drug-likeness (QED) is 0.609. The molecule has 0 aliphatic carbocycles. The Morgan fingerprint density at radius 1 is 1.12 bits per heavy atom. The lowest BCUT2D eigenvalue weighted by molar-refractivity contribution is -0.123. The third-order valence-electron chi connectivity index (χ3n) is 3.72. The van der Waals surface area contributed by atoms with Crippen LogP contribution >= 0.6 is 22.6 Å². The summed E-state index contributed by atoms with van der Waals surface area (Å²) in [4.78, 5) is 12.3. The molecule has 0 radical (unpaired) electrons. The minimum absolute atomic E-state index is 0.0853. The average Bonchev–Trinajstić information content (AvgIpc) is 2.61. The minimum atomic E-state index is -3.46. The van der Waals surface area contributed by atoms with Crippen LogP contribution in [0.1, 0.15) is 18.5 Å². The molecular formula is C18H21IN2O4S. The average molecular weight is 488 g/mol. The van der Waals surface area contributed by atoms with Crippen LogP contribution in [0.4, 0.5) is 0 Å². The van der Waals surface area contributed by atoms with E-state index in [4.69, 9.17) is 4.74 Å². The number of sulfonamides is 1. The standard InChI is InChI=1S/C18H21IN2O4S/c1-13(14-4-10-17(11-5-14)26(23,24)21(2)3)20-18(22)12-25-16-8-6-15(19)7-9-16/h4-11,13H,12H2,1-3H3,(H,20,22). The molecule has 0 saturated heterocycles. The van der Waals surface area contributed by atoms with E-state index in [-0.39, 0.29) is 23.5 Å². The lowest BCUT2D eigenvalue weighted by atomic mass is 10.1. The fraction of sp³-hybridized carbons (Fsp3) is 0.278.